The molecular weight excluding hydrogens is 356 g/mol. The number of hydrogen-bond acceptors (Lipinski definition) is 6. The maximum Gasteiger partial charge on any atom is 0.141 e. The summed E-state index contributed by atoms with van der Waals surface area (Å²) in [5.74, 6) is 2.04. The van der Waals surface area contributed by atoms with Crippen LogP contribution in [0.3, 0.4) is 0 Å². The highest BCUT2D eigenvalue weighted by Gasteiger charge is 2.36. The van der Waals surface area contributed by atoms with E-state index in [1.165, 1.54) is 0 Å². The molecule has 0 aliphatic heterocycles. The van der Waals surface area contributed by atoms with Crippen molar-refractivity contribution in [2.45, 2.75) is 64.0 Å². The lowest BCUT2D eigenvalue weighted by atomic mass is 9.89. The van der Waals surface area contributed by atoms with Gasteiger partial charge in [0.05, 0.1) is 28.9 Å². The molecule has 2 aromatic heterocycles. The first-order valence-electron chi connectivity index (χ1n) is 10.0. The Bertz CT molecular complexity index is 1030. The molecular formula is C21H24N4O3. The van der Waals surface area contributed by atoms with Crippen LogP contribution in [0, 0.1) is 24.7 Å². The predicted molar refractivity (Wildman–Crippen MR) is 105 cm³/mol. The number of aryl methyl sites for hydroxylation is 2. The highest BCUT2D eigenvalue weighted by atomic mass is 16.5. The van der Waals surface area contributed by atoms with Crippen LogP contribution < -0.4 is 0 Å². The maximum atomic E-state index is 11.3. The Morgan fingerprint density at radius 2 is 2.07 bits per heavy atom. The summed E-state index contributed by atoms with van der Waals surface area (Å²) < 4.78 is 5.36. The van der Waals surface area contributed by atoms with E-state index in [0.29, 0.717) is 5.92 Å². The molecule has 7 heteroatoms. The summed E-state index contributed by atoms with van der Waals surface area (Å²) in [6.45, 7) is 3.81. The zero-order valence-electron chi connectivity index (χ0n) is 16.1. The van der Waals surface area contributed by atoms with Crippen LogP contribution in [0.4, 0.5) is 0 Å². The number of aliphatic hydroxyl groups excluding tert-OH is 1. The molecule has 2 N–H and O–H groups in total. The van der Waals surface area contributed by atoms with E-state index in [1.807, 2.05) is 19.9 Å². The van der Waals surface area contributed by atoms with Gasteiger partial charge < -0.3 is 14.6 Å². The molecule has 1 aromatic carbocycles. The van der Waals surface area contributed by atoms with Crippen LogP contribution in [0.1, 0.15) is 67.0 Å². The van der Waals surface area contributed by atoms with Gasteiger partial charge in [0.15, 0.2) is 0 Å². The van der Waals surface area contributed by atoms with Gasteiger partial charge in [0, 0.05) is 23.0 Å². The van der Waals surface area contributed by atoms with Gasteiger partial charge in [-0.15, -0.1) is 0 Å². The van der Waals surface area contributed by atoms with Crippen LogP contribution in [-0.2, 0) is 0 Å². The molecule has 146 valence electrons. The van der Waals surface area contributed by atoms with Gasteiger partial charge in [0.1, 0.15) is 11.6 Å². The smallest absolute Gasteiger partial charge is 0.141 e. The lowest BCUT2D eigenvalue weighted by molar-refractivity contribution is 0.104. The van der Waals surface area contributed by atoms with Crippen LogP contribution in [0.2, 0.25) is 0 Å². The van der Waals surface area contributed by atoms with Gasteiger partial charge in [0.2, 0.25) is 0 Å². The number of H-pyrrole nitrogens is 1. The fourth-order valence-electron chi connectivity index (χ4n) is 4.68. The number of aromatic nitrogens is 3. The number of benzene rings is 1. The van der Waals surface area contributed by atoms with Crippen molar-refractivity contribution in [2.24, 2.45) is 11.1 Å². The number of hydrogen-bond donors (Lipinski definition) is 2. The second-order valence-corrected chi connectivity index (χ2v) is 8.27. The van der Waals surface area contributed by atoms with E-state index >= 15 is 0 Å². The second kappa shape index (κ2) is 6.51. The number of fused-ring (bicyclic) bond motifs is 1. The summed E-state index contributed by atoms with van der Waals surface area (Å²) in [6.07, 6.45) is 3.98. The van der Waals surface area contributed by atoms with Crippen LogP contribution in [0.15, 0.2) is 21.8 Å². The minimum Gasteiger partial charge on any atom is -0.388 e. The highest BCUT2D eigenvalue weighted by molar-refractivity contribution is 5.86. The molecule has 0 amide bonds. The van der Waals surface area contributed by atoms with E-state index in [4.69, 9.17) is 9.51 Å². The van der Waals surface area contributed by atoms with Crippen LogP contribution in [-0.4, -0.2) is 26.3 Å². The van der Waals surface area contributed by atoms with E-state index in [2.05, 4.69) is 21.4 Å². The molecule has 2 aliphatic rings. The summed E-state index contributed by atoms with van der Waals surface area (Å²) in [5, 5.41) is 18.6. The molecule has 0 saturated heterocycles. The Labute approximate surface area is 162 Å². The standard InChI is InChI=1S/C21H24N4O3/c1-10-18(11(2)28-25-10)13-8-15(20(26)14-4-3-5-16(14)24-27)19-17(9-13)22-21(23-19)12-6-7-12/h8-9,12,14,16,20,26H,3-7H2,1-2H3,(H,22,23). The van der Waals surface area contributed by atoms with Gasteiger partial charge >= 0.3 is 0 Å². The summed E-state index contributed by atoms with van der Waals surface area (Å²) in [7, 11) is 0. The number of aromatic amines is 1. The molecule has 2 saturated carbocycles. The predicted octanol–water partition coefficient (Wildman–Crippen LogP) is 4.68. The summed E-state index contributed by atoms with van der Waals surface area (Å²) in [4.78, 5) is 19.5. The average molecular weight is 380 g/mol. The maximum absolute atomic E-state index is 11.3. The molecule has 3 unspecified atom stereocenters. The first kappa shape index (κ1) is 17.6. The van der Waals surface area contributed by atoms with E-state index in [-0.39, 0.29) is 12.0 Å². The molecule has 2 heterocycles. The van der Waals surface area contributed by atoms with Crippen molar-refractivity contribution in [1.29, 1.82) is 0 Å². The second-order valence-electron chi connectivity index (χ2n) is 8.27. The van der Waals surface area contributed by atoms with Crippen LogP contribution in [0.5, 0.6) is 0 Å². The van der Waals surface area contributed by atoms with Crippen molar-refractivity contribution in [3.63, 3.8) is 0 Å². The number of nitrogens with one attached hydrogen (secondary N) is 1. The third-order valence-corrected chi connectivity index (χ3v) is 6.31. The minimum absolute atomic E-state index is 0.165. The molecule has 3 atom stereocenters. The molecule has 28 heavy (non-hydrogen) atoms. The Morgan fingerprint density at radius 3 is 2.75 bits per heavy atom. The topological polar surface area (TPSA) is 104 Å². The fourth-order valence-corrected chi connectivity index (χ4v) is 4.68. The van der Waals surface area contributed by atoms with E-state index in [1.54, 1.807) is 0 Å². The van der Waals surface area contributed by atoms with Crippen molar-refractivity contribution < 1.29 is 9.63 Å². The summed E-state index contributed by atoms with van der Waals surface area (Å²) >= 11 is 0. The molecule has 0 bridgehead atoms. The van der Waals surface area contributed by atoms with Gasteiger partial charge in [-0.2, -0.15) is 4.91 Å². The molecule has 3 aromatic rings. The zero-order valence-corrected chi connectivity index (χ0v) is 16.1. The summed E-state index contributed by atoms with van der Waals surface area (Å²) in [6, 6.07) is 3.70. The van der Waals surface area contributed by atoms with Crippen LogP contribution in [0.25, 0.3) is 22.2 Å². The van der Waals surface area contributed by atoms with E-state index < -0.39 is 6.10 Å². The molecule has 2 aliphatic carbocycles. The lowest BCUT2D eigenvalue weighted by Crippen LogP contribution is -2.20. The molecule has 2 fully saturated rings. The van der Waals surface area contributed by atoms with Crippen molar-refractivity contribution in [2.75, 3.05) is 0 Å². The highest BCUT2D eigenvalue weighted by Crippen LogP contribution is 2.44. The molecule has 7 nitrogen and oxygen atoms in total. The van der Waals surface area contributed by atoms with E-state index in [0.717, 1.165) is 77.1 Å². The third-order valence-electron chi connectivity index (χ3n) is 6.31. The van der Waals surface area contributed by atoms with Gasteiger partial charge in [-0.3, -0.25) is 0 Å². The molecule has 0 spiro atoms. The first-order valence-corrected chi connectivity index (χ1v) is 10.0. The number of imidazole rings is 1. The van der Waals surface area contributed by atoms with Gasteiger partial charge in [-0.05, 0) is 57.2 Å². The van der Waals surface area contributed by atoms with Gasteiger partial charge in [-0.25, -0.2) is 4.98 Å². The lowest BCUT2D eigenvalue weighted by Gasteiger charge is -2.22. The average Bonchev–Trinajstić information content (AvgIpc) is 3.12. The molecule has 0 radical (unpaired) electrons. The largest absolute Gasteiger partial charge is 0.388 e. The van der Waals surface area contributed by atoms with E-state index in [9.17, 15) is 10.0 Å². The number of nitrogens with zero attached hydrogens (tertiary/aromatic N) is 3. The Kier molecular flexibility index (Phi) is 4.08. The molecule has 5 rings (SSSR count). The van der Waals surface area contributed by atoms with Gasteiger partial charge in [-0.1, -0.05) is 16.8 Å². The monoisotopic (exact) mass is 380 g/mol. The third kappa shape index (κ3) is 2.76. The fraction of sp³-hybridized carbons (Fsp3) is 0.524. The normalized spacial score (nSPS) is 23.4. The minimum atomic E-state index is -0.775. The number of aliphatic hydroxyl groups is 1. The van der Waals surface area contributed by atoms with Crippen molar-refractivity contribution in [3.8, 4) is 11.1 Å². The van der Waals surface area contributed by atoms with Gasteiger partial charge in [0.25, 0.3) is 0 Å². The summed E-state index contributed by atoms with van der Waals surface area (Å²) in [5.41, 5.74) is 5.15. The number of nitroso groups, excluding NO2 is 1. The first-order chi connectivity index (χ1) is 13.6. The number of rotatable bonds is 5. The van der Waals surface area contributed by atoms with Crippen LogP contribution >= 0.6 is 0 Å². The Morgan fingerprint density at radius 1 is 1.25 bits per heavy atom. The Balaban J connectivity index is 1.68. The van der Waals surface area contributed by atoms with Crippen molar-refractivity contribution >= 4 is 11.0 Å². The van der Waals surface area contributed by atoms with Crippen molar-refractivity contribution in [3.05, 3.63) is 39.9 Å². The Hall–Kier alpha value is -2.54. The zero-order chi connectivity index (χ0) is 19.4. The SMILES string of the molecule is Cc1noc(C)c1-c1cc(C(O)C2CCCC2N=O)c2nc(C3CC3)[nH]c2c1. The quantitative estimate of drug-likeness (QED) is 0.625. The van der Waals surface area contributed by atoms with Crippen molar-refractivity contribution in [1.82, 2.24) is 15.1 Å².